The standard InChI is InChI=1S/C20H25N7O/c1-14-11-17(26(3)16-6-9-25(2)10-7-16)13-27-18(14)22-20(24-27)23-19(28)15-5-4-8-21-12-15/h4-5,8,11-13,16H,6-7,9-10H2,1-3H3,(H,23,24,28). The summed E-state index contributed by atoms with van der Waals surface area (Å²) in [6.07, 6.45) is 7.42. The number of aryl methyl sites for hydroxylation is 1. The molecule has 0 saturated carbocycles. The average Bonchev–Trinajstić information content (AvgIpc) is 3.11. The number of carbonyl (C=O) groups excluding carboxylic acids is 1. The van der Waals surface area contributed by atoms with Gasteiger partial charge >= 0.3 is 0 Å². The molecule has 1 amide bonds. The fourth-order valence-electron chi connectivity index (χ4n) is 3.64. The maximum atomic E-state index is 12.3. The lowest BCUT2D eigenvalue weighted by Gasteiger charge is -2.36. The number of rotatable bonds is 4. The minimum atomic E-state index is -0.273. The van der Waals surface area contributed by atoms with E-state index in [1.165, 1.54) is 6.20 Å². The molecule has 4 rings (SSSR count). The Labute approximate surface area is 164 Å². The largest absolute Gasteiger partial charge is 0.370 e. The van der Waals surface area contributed by atoms with Crippen LogP contribution < -0.4 is 10.2 Å². The van der Waals surface area contributed by atoms with Crippen molar-refractivity contribution in [2.75, 3.05) is 37.4 Å². The van der Waals surface area contributed by atoms with Crippen LogP contribution >= 0.6 is 0 Å². The molecule has 146 valence electrons. The summed E-state index contributed by atoms with van der Waals surface area (Å²) in [6.45, 7) is 4.25. The van der Waals surface area contributed by atoms with Crippen LogP contribution in [0.2, 0.25) is 0 Å². The SMILES string of the molecule is Cc1cc(N(C)C2CCN(C)CC2)cn2nc(NC(=O)c3cccnc3)nc12. The summed E-state index contributed by atoms with van der Waals surface area (Å²) in [4.78, 5) is 25.5. The van der Waals surface area contributed by atoms with E-state index in [-0.39, 0.29) is 11.9 Å². The van der Waals surface area contributed by atoms with Crippen LogP contribution in [0.25, 0.3) is 5.65 Å². The maximum absolute atomic E-state index is 12.3. The number of amides is 1. The molecule has 0 aliphatic carbocycles. The molecule has 1 aliphatic heterocycles. The van der Waals surface area contributed by atoms with Gasteiger partial charge < -0.3 is 9.80 Å². The number of nitrogens with zero attached hydrogens (tertiary/aromatic N) is 6. The molecule has 8 nitrogen and oxygen atoms in total. The maximum Gasteiger partial charge on any atom is 0.259 e. The third-order valence-corrected chi connectivity index (χ3v) is 5.40. The number of anilines is 2. The molecule has 1 N–H and O–H groups in total. The molecule has 1 fully saturated rings. The Morgan fingerprint density at radius 1 is 1.32 bits per heavy atom. The van der Waals surface area contributed by atoms with Crippen LogP contribution in [0, 0.1) is 6.92 Å². The van der Waals surface area contributed by atoms with Crippen molar-refractivity contribution >= 4 is 23.2 Å². The van der Waals surface area contributed by atoms with E-state index >= 15 is 0 Å². The average molecular weight is 379 g/mol. The quantitative estimate of drug-likeness (QED) is 0.749. The van der Waals surface area contributed by atoms with E-state index in [4.69, 9.17) is 0 Å². The minimum absolute atomic E-state index is 0.273. The first kappa shape index (κ1) is 18.4. The third kappa shape index (κ3) is 3.68. The van der Waals surface area contributed by atoms with Gasteiger partial charge in [0.2, 0.25) is 5.95 Å². The van der Waals surface area contributed by atoms with Crippen molar-refractivity contribution in [2.24, 2.45) is 0 Å². The third-order valence-electron chi connectivity index (χ3n) is 5.40. The lowest BCUT2D eigenvalue weighted by molar-refractivity contribution is 0.102. The molecule has 28 heavy (non-hydrogen) atoms. The topological polar surface area (TPSA) is 78.7 Å². The molecule has 3 aromatic heterocycles. The van der Waals surface area contributed by atoms with E-state index in [0.29, 0.717) is 11.6 Å². The number of fused-ring (bicyclic) bond motifs is 1. The van der Waals surface area contributed by atoms with Gasteiger partial charge in [-0.25, -0.2) is 4.52 Å². The van der Waals surface area contributed by atoms with Gasteiger partial charge in [0.1, 0.15) is 0 Å². The van der Waals surface area contributed by atoms with Gasteiger partial charge in [0.15, 0.2) is 5.65 Å². The zero-order valence-corrected chi connectivity index (χ0v) is 16.5. The van der Waals surface area contributed by atoms with Crippen LogP contribution in [0.5, 0.6) is 0 Å². The van der Waals surface area contributed by atoms with Crippen molar-refractivity contribution in [2.45, 2.75) is 25.8 Å². The van der Waals surface area contributed by atoms with Gasteiger partial charge in [-0.1, -0.05) is 0 Å². The van der Waals surface area contributed by atoms with Gasteiger partial charge in [-0.05, 0) is 63.7 Å². The number of hydrogen-bond donors (Lipinski definition) is 1. The highest BCUT2D eigenvalue weighted by Crippen LogP contribution is 2.24. The number of piperidine rings is 1. The van der Waals surface area contributed by atoms with E-state index in [0.717, 1.165) is 42.8 Å². The molecule has 1 aliphatic rings. The second kappa shape index (κ2) is 7.55. The Bertz CT molecular complexity index is 977. The van der Waals surface area contributed by atoms with Gasteiger partial charge in [0, 0.05) is 25.5 Å². The fraction of sp³-hybridized carbons (Fsp3) is 0.400. The number of likely N-dealkylation sites (tertiary alicyclic amines) is 1. The summed E-state index contributed by atoms with van der Waals surface area (Å²) in [5.74, 6) is 0.0152. The first-order valence-electron chi connectivity index (χ1n) is 9.51. The molecule has 0 spiro atoms. The van der Waals surface area contributed by atoms with Crippen molar-refractivity contribution in [1.82, 2.24) is 24.5 Å². The van der Waals surface area contributed by atoms with Gasteiger partial charge in [-0.2, -0.15) is 4.98 Å². The normalized spacial score (nSPS) is 15.7. The monoisotopic (exact) mass is 379 g/mol. The van der Waals surface area contributed by atoms with Crippen molar-refractivity contribution in [1.29, 1.82) is 0 Å². The van der Waals surface area contributed by atoms with Crippen LogP contribution in [-0.2, 0) is 0 Å². The summed E-state index contributed by atoms with van der Waals surface area (Å²) in [7, 11) is 4.31. The summed E-state index contributed by atoms with van der Waals surface area (Å²) in [6, 6.07) is 6.08. The lowest BCUT2D eigenvalue weighted by Crippen LogP contribution is -2.42. The molecule has 4 heterocycles. The van der Waals surface area contributed by atoms with Crippen molar-refractivity contribution in [3.8, 4) is 0 Å². The summed E-state index contributed by atoms with van der Waals surface area (Å²) in [5, 5.41) is 7.21. The Hall–Kier alpha value is -3.00. The van der Waals surface area contributed by atoms with Crippen LogP contribution in [0.1, 0.15) is 28.8 Å². The Balaban J connectivity index is 1.56. The summed E-state index contributed by atoms with van der Waals surface area (Å²) < 4.78 is 1.75. The summed E-state index contributed by atoms with van der Waals surface area (Å²) in [5.41, 5.74) is 3.34. The molecule has 8 heteroatoms. The highest BCUT2D eigenvalue weighted by atomic mass is 16.1. The molecule has 0 radical (unpaired) electrons. The van der Waals surface area contributed by atoms with Gasteiger partial charge in [-0.15, -0.1) is 5.10 Å². The molecule has 0 atom stereocenters. The second-order valence-electron chi connectivity index (χ2n) is 7.43. The highest BCUT2D eigenvalue weighted by molar-refractivity contribution is 6.03. The molecule has 0 aromatic carbocycles. The molecule has 0 bridgehead atoms. The lowest BCUT2D eigenvalue weighted by atomic mass is 10.0. The van der Waals surface area contributed by atoms with E-state index in [1.54, 1.807) is 22.8 Å². The van der Waals surface area contributed by atoms with Crippen molar-refractivity contribution < 1.29 is 4.79 Å². The first-order valence-corrected chi connectivity index (χ1v) is 9.51. The predicted octanol–water partition coefficient (Wildman–Crippen LogP) is 2.22. The van der Waals surface area contributed by atoms with Crippen LogP contribution in [0.4, 0.5) is 11.6 Å². The van der Waals surface area contributed by atoms with Gasteiger partial charge in [-0.3, -0.25) is 15.1 Å². The number of pyridine rings is 2. The molecule has 1 saturated heterocycles. The van der Waals surface area contributed by atoms with E-state index in [1.807, 2.05) is 13.1 Å². The smallest absolute Gasteiger partial charge is 0.259 e. The number of carbonyl (C=O) groups is 1. The molecular weight excluding hydrogens is 354 g/mol. The predicted molar refractivity (Wildman–Crippen MR) is 109 cm³/mol. The Kier molecular flexibility index (Phi) is 4.95. The Morgan fingerprint density at radius 3 is 2.82 bits per heavy atom. The highest BCUT2D eigenvalue weighted by Gasteiger charge is 2.22. The number of hydrogen-bond acceptors (Lipinski definition) is 6. The van der Waals surface area contributed by atoms with Crippen LogP contribution in [0.15, 0.2) is 36.8 Å². The zero-order valence-electron chi connectivity index (χ0n) is 16.5. The van der Waals surface area contributed by atoms with Crippen LogP contribution in [-0.4, -0.2) is 63.6 Å². The fourth-order valence-corrected chi connectivity index (χ4v) is 3.64. The Morgan fingerprint density at radius 2 is 2.11 bits per heavy atom. The van der Waals surface area contributed by atoms with Gasteiger partial charge in [0.05, 0.1) is 17.4 Å². The van der Waals surface area contributed by atoms with E-state index < -0.39 is 0 Å². The van der Waals surface area contributed by atoms with E-state index in [2.05, 4.69) is 50.3 Å². The molecule has 3 aromatic rings. The summed E-state index contributed by atoms with van der Waals surface area (Å²) >= 11 is 0. The zero-order chi connectivity index (χ0) is 19.7. The van der Waals surface area contributed by atoms with Gasteiger partial charge in [0.25, 0.3) is 5.91 Å². The first-order chi connectivity index (χ1) is 13.5. The molecular formula is C20H25N7O. The van der Waals surface area contributed by atoms with Crippen molar-refractivity contribution in [3.05, 3.63) is 47.9 Å². The number of aromatic nitrogens is 4. The van der Waals surface area contributed by atoms with E-state index in [9.17, 15) is 4.79 Å². The number of nitrogens with one attached hydrogen (secondary N) is 1. The second-order valence-corrected chi connectivity index (χ2v) is 7.43. The van der Waals surface area contributed by atoms with Crippen LogP contribution in [0.3, 0.4) is 0 Å². The molecule has 0 unspecified atom stereocenters. The van der Waals surface area contributed by atoms with Crippen molar-refractivity contribution in [3.63, 3.8) is 0 Å². The minimum Gasteiger partial charge on any atom is -0.370 e.